The maximum absolute atomic E-state index is 11.8. The predicted molar refractivity (Wildman–Crippen MR) is 72.4 cm³/mol. The predicted octanol–water partition coefficient (Wildman–Crippen LogP) is 2.10. The SMILES string of the molecule is NC(CC(=O)Nc1cc(C(=O)O)ccc1Cl)C1CC1. The second-order valence-corrected chi connectivity index (χ2v) is 5.16. The Morgan fingerprint density at radius 3 is 2.74 bits per heavy atom. The highest BCUT2D eigenvalue weighted by Gasteiger charge is 2.29. The Morgan fingerprint density at radius 1 is 1.47 bits per heavy atom. The van der Waals surface area contributed by atoms with Crippen LogP contribution in [-0.2, 0) is 4.79 Å². The summed E-state index contributed by atoms with van der Waals surface area (Å²) < 4.78 is 0. The van der Waals surface area contributed by atoms with Gasteiger partial charge in [-0.25, -0.2) is 4.79 Å². The molecule has 102 valence electrons. The van der Waals surface area contributed by atoms with Crippen LogP contribution in [0, 0.1) is 5.92 Å². The minimum Gasteiger partial charge on any atom is -0.478 e. The van der Waals surface area contributed by atoms with E-state index in [1.807, 2.05) is 0 Å². The summed E-state index contributed by atoms with van der Waals surface area (Å²) >= 11 is 5.92. The van der Waals surface area contributed by atoms with Crippen molar-refractivity contribution in [3.63, 3.8) is 0 Å². The molecule has 0 spiro atoms. The van der Waals surface area contributed by atoms with Crippen molar-refractivity contribution < 1.29 is 14.7 Å². The topological polar surface area (TPSA) is 92.4 Å². The highest BCUT2D eigenvalue weighted by Crippen LogP contribution is 2.33. The van der Waals surface area contributed by atoms with E-state index in [1.54, 1.807) is 0 Å². The Hall–Kier alpha value is -1.59. The van der Waals surface area contributed by atoms with E-state index in [4.69, 9.17) is 22.4 Å². The number of hydrogen-bond donors (Lipinski definition) is 3. The molecule has 0 heterocycles. The summed E-state index contributed by atoms with van der Waals surface area (Å²) in [6, 6.07) is 4.03. The summed E-state index contributed by atoms with van der Waals surface area (Å²) in [6.07, 6.45) is 2.37. The van der Waals surface area contributed by atoms with Crippen LogP contribution in [0.5, 0.6) is 0 Å². The first kappa shape index (κ1) is 13.8. The van der Waals surface area contributed by atoms with Crippen LogP contribution in [0.1, 0.15) is 29.6 Å². The zero-order valence-electron chi connectivity index (χ0n) is 10.2. The molecule has 1 aromatic rings. The summed E-state index contributed by atoms with van der Waals surface area (Å²) in [5.41, 5.74) is 6.24. The number of carbonyl (C=O) groups is 2. The van der Waals surface area contributed by atoms with Gasteiger partial charge in [-0.2, -0.15) is 0 Å². The molecule has 19 heavy (non-hydrogen) atoms. The van der Waals surface area contributed by atoms with Gasteiger partial charge in [0.1, 0.15) is 0 Å². The van der Waals surface area contributed by atoms with Gasteiger partial charge in [0.05, 0.1) is 16.3 Å². The minimum absolute atomic E-state index is 0.0752. The smallest absolute Gasteiger partial charge is 0.335 e. The Morgan fingerprint density at radius 2 is 2.16 bits per heavy atom. The van der Waals surface area contributed by atoms with Crippen molar-refractivity contribution in [3.8, 4) is 0 Å². The standard InChI is InChI=1S/C13H15ClN2O3/c14-9-4-3-8(13(18)19)5-11(9)16-12(17)6-10(15)7-1-2-7/h3-5,7,10H,1-2,6,15H2,(H,16,17)(H,18,19). The van der Waals surface area contributed by atoms with E-state index >= 15 is 0 Å². The van der Waals surface area contributed by atoms with Gasteiger partial charge in [-0.05, 0) is 37.0 Å². The van der Waals surface area contributed by atoms with Crippen molar-refractivity contribution in [3.05, 3.63) is 28.8 Å². The molecular formula is C13H15ClN2O3. The summed E-state index contributed by atoms with van der Waals surface area (Å²) in [7, 11) is 0. The molecule has 6 heteroatoms. The number of halogens is 1. The van der Waals surface area contributed by atoms with Crippen LogP contribution in [0.2, 0.25) is 5.02 Å². The van der Waals surface area contributed by atoms with E-state index in [-0.39, 0.29) is 23.9 Å². The van der Waals surface area contributed by atoms with Crippen LogP contribution >= 0.6 is 11.6 Å². The van der Waals surface area contributed by atoms with Gasteiger partial charge in [0.25, 0.3) is 0 Å². The molecule has 1 amide bonds. The molecule has 0 aliphatic heterocycles. The van der Waals surface area contributed by atoms with Crippen LogP contribution in [0.3, 0.4) is 0 Å². The maximum Gasteiger partial charge on any atom is 0.335 e. The number of aromatic carboxylic acids is 1. The lowest BCUT2D eigenvalue weighted by Crippen LogP contribution is -2.29. The molecular weight excluding hydrogens is 268 g/mol. The number of rotatable bonds is 5. The van der Waals surface area contributed by atoms with Crippen molar-refractivity contribution in [2.24, 2.45) is 11.7 Å². The second-order valence-electron chi connectivity index (χ2n) is 4.75. The molecule has 1 fully saturated rings. The van der Waals surface area contributed by atoms with Crippen molar-refractivity contribution >= 4 is 29.2 Å². The molecule has 1 aliphatic rings. The van der Waals surface area contributed by atoms with E-state index in [1.165, 1.54) is 18.2 Å². The van der Waals surface area contributed by atoms with Gasteiger partial charge in [0.2, 0.25) is 5.91 Å². The molecule has 1 aromatic carbocycles. The normalized spacial score (nSPS) is 15.9. The van der Waals surface area contributed by atoms with Crippen LogP contribution in [0.15, 0.2) is 18.2 Å². The number of carboxylic acids is 1. The molecule has 1 unspecified atom stereocenters. The summed E-state index contributed by atoms with van der Waals surface area (Å²) in [6.45, 7) is 0. The quantitative estimate of drug-likeness (QED) is 0.771. The fraction of sp³-hybridized carbons (Fsp3) is 0.385. The molecule has 2 rings (SSSR count). The average molecular weight is 283 g/mol. The van der Waals surface area contributed by atoms with E-state index in [0.717, 1.165) is 12.8 Å². The first-order valence-electron chi connectivity index (χ1n) is 6.05. The Kier molecular flexibility index (Phi) is 4.07. The molecule has 4 N–H and O–H groups in total. The number of nitrogens with one attached hydrogen (secondary N) is 1. The third-order valence-corrected chi connectivity index (χ3v) is 3.47. The molecule has 0 radical (unpaired) electrons. The number of nitrogens with two attached hydrogens (primary N) is 1. The van der Waals surface area contributed by atoms with Gasteiger partial charge >= 0.3 is 5.97 Å². The van der Waals surface area contributed by atoms with Gasteiger partial charge in [-0.1, -0.05) is 11.6 Å². The van der Waals surface area contributed by atoms with Gasteiger partial charge in [0, 0.05) is 12.5 Å². The number of anilines is 1. The molecule has 5 nitrogen and oxygen atoms in total. The average Bonchev–Trinajstić information content (AvgIpc) is 3.15. The fourth-order valence-corrected chi connectivity index (χ4v) is 2.03. The molecule has 1 saturated carbocycles. The fourth-order valence-electron chi connectivity index (χ4n) is 1.86. The van der Waals surface area contributed by atoms with Gasteiger partial charge < -0.3 is 16.2 Å². The molecule has 0 aromatic heterocycles. The molecule has 0 saturated heterocycles. The van der Waals surface area contributed by atoms with E-state index in [0.29, 0.717) is 16.6 Å². The zero-order chi connectivity index (χ0) is 14.0. The summed E-state index contributed by atoms with van der Waals surface area (Å²) in [5, 5.41) is 11.8. The monoisotopic (exact) mass is 282 g/mol. The third kappa shape index (κ3) is 3.68. The van der Waals surface area contributed by atoms with E-state index in [2.05, 4.69) is 5.32 Å². The summed E-state index contributed by atoms with van der Waals surface area (Å²) in [4.78, 5) is 22.6. The van der Waals surface area contributed by atoms with Crippen LogP contribution in [-0.4, -0.2) is 23.0 Å². The van der Waals surface area contributed by atoms with Crippen LogP contribution in [0.4, 0.5) is 5.69 Å². The van der Waals surface area contributed by atoms with Gasteiger partial charge in [-0.15, -0.1) is 0 Å². The third-order valence-electron chi connectivity index (χ3n) is 3.14. The minimum atomic E-state index is -1.07. The van der Waals surface area contributed by atoms with Crippen molar-refractivity contribution in [2.75, 3.05) is 5.32 Å². The lowest BCUT2D eigenvalue weighted by atomic mass is 10.1. The van der Waals surface area contributed by atoms with Crippen molar-refractivity contribution in [2.45, 2.75) is 25.3 Å². The van der Waals surface area contributed by atoms with Crippen molar-refractivity contribution in [1.29, 1.82) is 0 Å². The lowest BCUT2D eigenvalue weighted by molar-refractivity contribution is -0.116. The highest BCUT2D eigenvalue weighted by atomic mass is 35.5. The van der Waals surface area contributed by atoms with Crippen LogP contribution < -0.4 is 11.1 Å². The first-order valence-corrected chi connectivity index (χ1v) is 6.43. The molecule has 1 atom stereocenters. The Labute approximate surface area is 115 Å². The number of benzene rings is 1. The number of carboxylic acid groups (broad SMARTS) is 1. The first-order chi connectivity index (χ1) is 8.97. The summed E-state index contributed by atoms with van der Waals surface area (Å²) in [5.74, 6) is -0.878. The maximum atomic E-state index is 11.8. The van der Waals surface area contributed by atoms with Crippen molar-refractivity contribution in [1.82, 2.24) is 0 Å². The zero-order valence-corrected chi connectivity index (χ0v) is 11.0. The van der Waals surface area contributed by atoms with E-state index < -0.39 is 5.97 Å². The number of carbonyl (C=O) groups excluding carboxylic acids is 1. The molecule has 1 aliphatic carbocycles. The van der Waals surface area contributed by atoms with Crippen LogP contribution in [0.25, 0.3) is 0 Å². The number of amides is 1. The lowest BCUT2D eigenvalue weighted by Gasteiger charge is -2.12. The molecule has 0 bridgehead atoms. The highest BCUT2D eigenvalue weighted by molar-refractivity contribution is 6.33. The largest absolute Gasteiger partial charge is 0.478 e. The van der Waals surface area contributed by atoms with Gasteiger partial charge in [-0.3, -0.25) is 4.79 Å². The van der Waals surface area contributed by atoms with E-state index in [9.17, 15) is 9.59 Å². The van der Waals surface area contributed by atoms with Gasteiger partial charge in [0.15, 0.2) is 0 Å². The number of hydrogen-bond acceptors (Lipinski definition) is 3. The second kappa shape index (κ2) is 5.59. The Bertz CT molecular complexity index is 515. The Balaban J connectivity index is 2.02.